The average molecular weight is 368 g/mol. The second-order valence-electron chi connectivity index (χ2n) is 7.14. The SMILES string of the molecule is CC(C)(C)S(=O)Cc1cccc(NC(=O)NCCN2CCOCC2)c1. The Morgan fingerprint density at radius 2 is 2.00 bits per heavy atom. The van der Waals surface area contributed by atoms with Crippen molar-refractivity contribution >= 4 is 22.5 Å². The van der Waals surface area contributed by atoms with E-state index in [4.69, 9.17) is 4.74 Å². The highest BCUT2D eigenvalue weighted by Crippen LogP contribution is 2.18. The molecule has 1 fully saturated rings. The number of anilines is 1. The predicted molar refractivity (Wildman–Crippen MR) is 102 cm³/mol. The van der Waals surface area contributed by atoms with E-state index in [2.05, 4.69) is 15.5 Å². The minimum Gasteiger partial charge on any atom is -0.379 e. The summed E-state index contributed by atoms with van der Waals surface area (Å²) in [4.78, 5) is 14.3. The summed E-state index contributed by atoms with van der Waals surface area (Å²) in [5.74, 6) is 0.484. The number of benzene rings is 1. The highest BCUT2D eigenvalue weighted by molar-refractivity contribution is 7.85. The third-order valence-electron chi connectivity index (χ3n) is 3.98. The van der Waals surface area contributed by atoms with Crippen LogP contribution in [0.1, 0.15) is 26.3 Å². The fraction of sp³-hybridized carbons (Fsp3) is 0.611. The van der Waals surface area contributed by atoms with Crippen LogP contribution in [-0.4, -0.2) is 59.3 Å². The van der Waals surface area contributed by atoms with Crippen LogP contribution in [0.3, 0.4) is 0 Å². The predicted octanol–water partition coefficient (Wildman–Crippen LogP) is 2.19. The zero-order chi connectivity index (χ0) is 18.3. The Bertz CT molecular complexity index is 595. The van der Waals surface area contributed by atoms with E-state index in [9.17, 15) is 9.00 Å². The molecule has 140 valence electrons. The summed E-state index contributed by atoms with van der Waals surface area (Å²) in [6, 6.07) is 7.31. The molecule has 2 rings (SSSR count). The van der Waals surface area contributed by atoms with Crippen LogP contribution < -0.4 is 10.6 Å². The number of amides is 2. The number of nitrogens with zero attached hydrogens (tertiary/aromatic N) is 1. The molecule has 7 heteroatoms. The van der Waals surface area contributed by atoms with Gasteiger partial charge < -0.3 is 15.4 Å². The van der Waals surface area contributed by atoms with Crippen LogP contribution in [0.2, 0.25) is 0 Å². The maximum absolute atomic E-state index is 12.3. The molecule has 25 heavy (non-hydrogen) atoms. The van der Waals surface area contributed by atoms with Gasteiger partial charge in [-0.1, -0.05) is 12.1 Å². The van der Waals surface area contributed by atoms with Gasteiger partial charge in [0.25, 0.3) is 0 Å². The van der Waals surface area contributed by atoms with Crippen LogP contribution in [0.25, 0.3) is 0 Å². The molecule has 2 N–H and O–H groups in total. The van der Waals surface area contributed by atoms with Crippen LogP contribution in [-0.2, 0) is 21.3 Å². The van der Waals surface area contributed by atoms with Crippen molar-refractivity contribution in [3.63, 3.8) is 0 Å². The van der Waals surface area contributed by atoms with Crippen LogP contribution in [0.15, 0.2) is 24.3 Å². The highest BCUT2D eigenvalue weighted by atomic mass is 32.2. The zero-order valence-electron chi connectivity index (χ0n) is 15.3. The van der Waals surface area contributed by atoms with Crippen LogP contribution >= 0.6 is 0 Å². The first-order valence-corrected chi connectivity index (χ1v) is 9.99. The number of urea groups is 1. The van der Waals surface area contributed by atoms with Crippen LogP contribution in [0.4, 0.5) is 10.5 Å². The van der Waals surface area contributed by atoms with Gasteiger partial charge in [-0.25, -0.2) is 4.79 Å². The Morgan fingerprint density at radius 3 is 2.68 bits per heavy atom. The molecule has 1 atom stereocenters. The molecule has 0 saturated carbocycles. The minimum atomic E-state index is -0.961. The number of hydrogen-bond acceptors (Lipinski definition) is 4. The topological polar surface area (TPSA) is 70.7 Å². The molecule has 0 aromatic heterocycles. The van der Waals surface area contributed by atoms with Crippen molar-refractivity contribution in [1.82, 2.24) is 10.2 Å². The van der Waals surface area contributed by atoms with Gasteiger partial charge in [0.15, 0.2) is 0 Å². The summed E-state index contributed by atoms with van der Waals surface area (Å²) in [6.07, 6.45) is 0. The number of hydrogen-bond donors (Lipinski definition) is 2. The monoisotopic (exact) mass is 367 g/mol. The number of carbonyl (C=O) groups is 1. The summed E-state index contributed by atoms with van der Waals surface area (Å²) < 4.78 is 17.3. The van der Waals surface area contributed by atoms with E-state index in [1.807, 2.05) is 45.0 Å². The molecule has 1 aromatic carbocycles. The van der Waals surface area contributed by atoms with Crippen molar-refractivity contribution < 1.29 is 13.7 Å². The quantitative estimate of drug-likeness (QED) is 0.809. The van der Waals surface area contributed by atoms with Gasteiger partial charge in [0.2, 0.25) is 0 Å². The summed E-state index contributed by atoms with van der Waals surface area (Å²) in [5, 5.41) is 5.71. The normalized spacial score (nSPS) is 17.1. The fourth-order valence-corrected chi connectivity index (χ4v) is 3.35. The molecule has 1 saturated heterocycles. The zero-order valence-corrected chi connectivity index (χ0v) is 16.2. The molecule has 1 heterocycles. The first-order chi connectivity index (χ1) is 11.8. The highest BCUT2D eigenvalue weighted by Gasteiger charge is 2.19. The molecule has 1 aliphatic rings. The smallest absolute Gasteiger partial charge is 0.319 e. The molecule has 1 aromatic rings. The summed E-state index contributed by atoms with van der Waals surface area (Å²) in [6.45, 7) is 10.7. The maximum Gasteiger partial charge on any atom is 0.319 e. The van der Waals surface area contributed by atoms with Gasteiger partial charge in [-0.05, 0) is 38.5 Å². The molecular formula is C18H29N3O3S. The number of ether oxygens (including phenoxy) is 1. The van der Waals surface area contributed by atoms with Gasteiger partial charge in [0, 0.05) is 53.2 Å². The van der Waals surface area contributed by atoms with Gasteiger partial charge in [0.05, 0.1) is 13.2 Å². The Hall–Kier alpha value is -1.44. The van der Waals surface area contributed by atoms with Crippen molar-refractivity contribution in [2.75, 3.05) is 44.7 Å². The van der Waals surface area contributed by atoms with Gasteiger partial charge in [-0.15, -0.1) is 0 Å². The van der Waals surface area contributed by atoms with Crippen molar-refractivity contribution in [3.8, 4) is 0 Å². The summed E-state index contributed by atoms with van der Waals surface area (Å²) >= 11 is 0. The molecule has 0 spiro atoms. The lowest BCUT2D eigenvalue weighted by Gasteiger charge is -2.26. The second-order valence-corrected chi connectivity index (χ2v) is 9.34. The van der Waals surface area contributed by atoms with E-state index >= 15 is 0 Å². The molecule has 6 nitrogen and oxygen atoms in total. The molecule has 0 bridgehead atoms. The Morgan fingerprint density at radius 1 is 1.28 bits per heavy atom. The molecular weight excluding hydrogens is 338 g/mol. The molecule has 0 aliphatic carbocycles. The van der Waals surface area contributed by atoms with Crippen molar-refractivity contribution in [3.05, 3.63) is 29.8 Å². The van der Waals surface area contributed by atoms with Crippen molar-refractivity contribution in [2.24, 2.45) is 0 Å². The standard InChI is InChI=1S/C18H29N3O3S/c1-18(2,3)25(23)14-15-5-4-6-16(13-15)20-17(22)19-7-8-21-9-11-24-12-10-21/h4-6,13H,7-12,14H2,1-3H3,(H2,19,20,22). The number of rotatable bonds is 6. The van der Waals surface area contributed by atoms with Gasteiger partial charge >= 0.3 is 6.03 Å². The fourth-order valence-electron chi connectivity index (χ4n) is 2.43. The Kier molecular flexibility index (Phi) is 7.40. The second kappa shape index (κ2) is 9.31. The molecule has 1 aliphatic heterocycles. The largest absolute Gasteiger partial charge is 0.379 e. The van der Waals surface area contributed by atoms with Crippen LogP contribution in [0.5, 0.6) is 0 Å². The molecule has 0 radical (unpaired) electrons. The minimum absolute atomic E-state index is 0.220. The van der Waals surface area contributed by atoms with E-state index in [1.165, 1.54) is 0 Å². The lowest BCUT2D eigenvalue weighted by molar-refractivity contribution is 0.0388. The lowest BCUT2D eigenvalue weighted by atomic mass is 10.2. The lowest BCUT2D eigenvalue weighted by Crippen LogP contribution is -2.42. The summed E-state index contributed by atoms with van der Waals surface area (Å²) in [5.41, 5.74) is 1.67. The third-order valence-corrected chi connectivity index (χ3v) is 5.94. The molecule has 2 amide bonds. The van der Waals surface area contributed by atoms with E-state index in [0.29, 0.717) is 18.0 Å². The number of morpholine rings is 1. The van der Waals surface area contributed by atoms with Crippen molar-refractivity contribution in [1.29, 1.82) is 0 Å². The number of nitrogens with one attached hydrogen (secondary N) is 2. The Balaban J connectivity index is 1.78. The first-order valence-electron chi connectivity index (χ1n) is 8.67. The van der Waals surface area contributed by atoms with Gasteiger partial charge in [0.1, 0.15) is 0 Å². The van der Waals surface area contributed by atoms with Gasteiger partial charge in [-0.2, -0.15) is 0 Å². The van der Waals surface area contributed by atoms with Crippen molar-refractivity contribution in [2.45, 2.75) is 31.3 Å². The van der Waals surface area contributed by atoms with E-state index in [0.717, 1.165) is 38.4 Å². The van der Waals surface area contributed by atoms with E-state index in [1.54, 1.807) is 0 Å². The number of carbonyl (C=O) groups excluding carboxylic acids is 1. The first kappa shape index (κ1) is 19.9. The molecule has 1 unspecified atom stereocenters. The average Bonchev–Trinajstić information content (AvgIpc) is 2.55. The summed E-state index contributed by atoms with van der Waals surface area (Å²) in [7, 11) is -0.961. The van der Waals surface area contributed by atoms with Crippen LogP contribution in [0, 0.1) is 0 Å². The Labute approximate surface area is 152 Å². The maximum atomic E-state index is 12.3. The van der Waals surface area contributed by atoms with E-state index < -0.39 is 10.8 Å². The van der Waals surface area contributed by atoms with E-state index in [-0.39, 0.29) is 10.8 Å². The third kappa shape index (κ3) is 7.13. The van der Waals surface area contributed by atoms with Gasteiger partial charge in [-0.3, -0.25) is 9.11 Å².